The number of likely N-dealkylation sites (tertiary alicyclic amines) is 1. The lowest BCUT2D eigenvalue weighted by molar-refractivity contribution is -0.141. The van der Waals surface area contributed by atoms with E-state index >= 15 is 0 Å². The minimum Gasteiger partial charge on any atom is -0.342 e. The highest BCUT2D eigenvalue weighted by atomic mass is 32.1. The van der Waals surface area contributed by atoms with Crippen LogP contribution in [0, 0.1) is 5.92 Å². The molecule has 4 rings (SSSR count). The second-order valence-corrected chi connectivity index (χ2v) is 7.81. The third kappa shape index (κ3) is 3.65. The summed E-state index contributed by atoms with van der Waals surface area (Å²) in [5, 5.41) is 1.92. The molecule has 0 N–H and O–H groups in total. The van der Waals surface area contributed by atoms with Crippen molar-refractivity contribution >= 4 is 23.2 Å². The van der Waals surface area contributed by atoms with Gasteiger partial charge in [0.25, 0.3) is 0 Å². The number of thiazole rings is 1. The molecular weight excluding hydrogens is 346 g/mol. The number of benzene rings is 1. The maximum atomic E-state index is 12.9. The summed E-state index contributed by atoms with van der Waals surface area (Å²) in [4.78, 5) is 33.4. The lowest BCUT2D eigenvalue weighted by Crippen LogP contribution is -2.46. The molecule has 26 heavy (non-hydrogen) atoms. The van der Waals surface area contributed by atoms with E-state index in [4.69, 9.17) is 0 Å². The average molecular weight is 369 g/mol. The lowest BCUT2D eigenvalue weighted by Gasteiger charge is -2.36. The van der Waals surface area contributed by atoms with E-state index in [0.717, 1.165) is 38.0 Å². The topological polar surface area (TPSA) is 53.5 Å². The molecule has 0 unspecified atom stereocenters. The Bertz CT molecular complexity index is 782. The van der Waals surface area contributed by atoms with Gasteiger partial charge in [-0.05, 0) is 30.4 Å². The van der Waals surface area contributed by atoms with E-state index in [-0.39, 0.29) is 17.7 Å². The lowest BCUT2D eigenvalue weighted by atomic mass is 9.93. The molecule has 0 spiro atoms. The van der Waals surface area contributed by atoms with Crippen LogP contribution < -0.4 is 0 Å². The fraction of sp³-hybridized carbons (Fsp3) is 0.450. The van der Waals surface area contributed by atoms with E-state index in [9.17, 15) is 9.59 Å². The Morgan fingerprint density at radius 2 is 1.85 bits per heavy atom. The van der Waals surface area contributed by atoms with Crippen molar-refractivity contribution in [2.24, 2.45) is 5.92 Å². The predicted octanol–water partition coefficient (Wildman–Crippen LogP) is 2.51. The second kappa shape index (κ2) is 7.58. The fourth-order valence-corrected chi connectivity index (χ4v) is 4.47. The van der Waals surface area contributed by atoms with Gasteiger partial charge in [-0.15, -0.1) is 11.3 Å². The molecule has 3 heterocycles. The standard InChI is InChI=1S/C20H23N3O2S/c24-19(11-18-13-26-14-21-18)22-8-6-16(7-9-22)20(25)23-10-5-15-3-1-2-4-17(15)12-23/h1-4,13-14,16H,5-12H2. The van der Waals surface area contributed by atoms with Gasteiger partial charge in [0.1, 0.15) is 0 Å². The molecule has 2 aliphatic heterocycles. The largest absolute Gasteiger partial charge is 0.342 e. The fourth-order valence-electron chi connectivity index (χ4n) is 3.91. The molecule has 2 aromatic rings. The summed E-state index contributed by atoms with van der Waals surface area (Å²) in [5.74, 6) is 0.420. The van der Waals surface area contributed by atoms with Crippen molar-refractivity contribution in [3.05, 3.63) is 52.0 Å². The van der Waals surface area contributed by atoms with E-state index < -0.39 is 0 Å². The zero-order valence-corrected chi connectivity index (χ0v) is 15.6. The smallest absolute Gasteiger partial charge is 0.228 e. The Kier molecular flexibility index (Phi) is 5.02. The summed E-state index contributed by atoms with van der Waals surface area (Å²) in [6, 6.07) is 8.38. The van der Waals surface area contributed by atoms with Crippen molar-refractivity contribution < 1.29 is 9.59 Å². The second-order valence-electron chi connectivity index (χ2n) is 7.09. The minimum absolute atomic E-state index is 0.0450. The Morgan fingerprint density at radius 1 is 1.08 bits per heavy atom. The number of hydrogen-bond acceptors (Lipinski definition) is 4. The van der Waals surface area contributed by atoms with Crippen LogP contribution in [0.4, 0.5) is 0 Å². The van der Waals surface area contributed by atoms with Crippen molar-refractivity contribution in [1.82, 2.24) is 14.8 Å². The molecule has 0 radical (unpaired) electrons. The van der Waals surface area contributed by atoms with Crippen molar-refractivity contribution in [3.8, 4) is 0 Å². The van der Waals surface area contributed by atoms with Crippen LogP contribution in [-0.2, 0) is 29.0 Å². The number of carbonyl (C=O) groups excluding carboxylic acids is 2. The zero-order valence-electron chi connectivity index (χ0n) is 14.8. The highest BCUT2D eigenvalue weighted by Crippen LogP contribution is 2.25. The van der Waals surface area contributed by atoms with Crippen molar-refractivity contribution in [3.63, 3.8) is 0 Å². The van der Waals surface area contributed by atoms with Crippen LogP contribution in [0.1, 0.15) is 29.7 Å². The number of piperidine rings is 1. The van der Waals surface area contributed by atoms with Gasteiger partial charge < -0.3 is 9.80 Å². The quantitative estimate of drug-likeness (QED) is 0.835. The Morgan fingerprint density at radius 3 is 2.58 bits per heavy atom. The van der Waals surface area contributed by atoms with Crippen LogP contribution >= 0.6 is 11.3 Å². The van der Waals surface area contributed by atoms with Gasteiger partial charge in [-0.3, -0.25) is 9.59 Å². The number of nitrogens with zero attached hydrogens (tertiary/aromatic N) is 3. The Hall–Kier alpha value is -2.21. The summed E-state index contributed by atoms with van der Waals surface area (Å²) in [7, 11) is 0. The summed E-state index contributed by atoms with van der Waals surface area (Å²) >= 11 is 1.51. The number of fused-ring (bicyclic) bond motifs is 1. The van der Waals surface area contributed by atoms with Crippen molar-refractivity contribution in [2.45, 2.75) is 32.2 Å². The molecule has 2 amide bonds. The van der Waals surface area contributed by atoms with E-state index in [1.54, 1.807) is 5.51 Å². The maximum Gasteiger partial charge on any atom is 0.228 e. The van der Waals surface area contributed by atoms with Gasteiger partial charge >= 0.3 is 0 Å². The molecule has 1 saturated heterocycles. The summed E-state index contributed by atoms with van der Waals surface area (Å²) in [6.07, 6.45) is 2.83. The average Bonchev–Trinajstić information content (AvgIpc) is 3.20. The normalized spacial score (nSPS) is 17.8. The molecule has 0 bridgehead atoms. The first kappa shape index (κ1) is 17.2. The SMILES string of the molecule is O=C(Cc1cscn1)N1CCC(C(=O)N2CCc3ccccc3C2)CC1. The number of carbonyl (C=O) groups is 2. The van der Waals surface area contributed by atoms with Gasteiger partial charge in [0.2, 0.25) is 11.8 Å². The van der Waals surface area contributed by atoms with Crippen LogP contribution in [0.5, 0.6) is 0 Å². The Labute approximate surface area is 157 Å². The molecule has 5 nitrogen and oxygen atoms in total. The number of aromatic nitrogens is 1. The third-order valence-corrected chi connectivity index (χ3v) is 6.09. The molecule has 0 saturated carbocycles. The molecule has 0 atom stereocenters. The first-order valence-electron chi connectivity index (χ1n) is 9.21. The van der Waals surface area contributed by atoms with Crippen LogP contribution in [0.2, 0.25) is 0 Å². The monoisotopic (exact) mass is 369 g/mol. The summed E-state index contributed by atoms with van der Waals surface area (Å²) in [5.41, 5.74) is 5.22. The van der Waals surface area contributed by atoms with E-state index in [1.807, 2.05) is 21.2 Å². The molecule has 1 fully saturated rings. The highest BCUT2D eigenvalue weighted by Gasteiger charge is 2.31. The van der Waals surface area contributed by atoms with Gasteiger partial charge in [-0.25, -0.2) is 4.98 Å². The predicted molar refractivity (Wildman–Crippen MR) is 101 cm³/mol. The maximum absolute atomic E-state index is 12.9. The van der Waals surface area contributed by atoms with Crippen LogP contribution in [0.25, 0.3) is 0 Å². The van der Waals surface area contributed by atoms with Crippen molar-refractivity contribution in [2.75, 3.05) is 19.6 Å². The molecule has 1 aromatic carbocycles. The summed E-state index contributed by atoms with van der Waals surface area (Å²) in [6.45, 7) is 2.87. The van der Waals surface area contributed by atoms with Crippen LogP contribution in [0.15, 0.2) is 35.2 Å². The van der Waals surface area contributed by atoms with Gasteiger partial charge in [-0.2, -0.15) is 0 Å². The number of amides is 2. The Balaban J connectivity index is 1.30. The van der Waals surface area contributed by atoms with E-state index in [1.165, 1.54) is 22.5 Å². The van der Waals surface area contributed by atoms with E-state index in [0.29, 0.717) is 19.5 Å². The van der Waals surface area contributed by atoms with Gasteiger partial charge in [0, 0.05) is 37.5 Å². The molecule has 136 valence electrons. The molecule has 0 aliphatic carbocycles. The van der Waals surface area contributed by atoms with Crippen molar-refractivity contribution in [1.29, 1.82) is 0 Å². The zero-order chi connectivity index (χ0) is 17.9. The number of rotatable bonds is 3. The molecular formula is C20H23N3O2S. The third-order valence-electron chi connectivity index (χ3n) is 5.46. The number of hydrogen-bond donors (Lipinski definition) is 0. The van der Waals surface area contributed by atoms with E-state index in [2.05, 4.69) is 23.2 Å². The minimum atomic E-state index is 0.0450. The highest BCUT2D eigenvalue weighted by molar-refractivity contribution is 7.07. The molecule has 1 aromatic heterocycles. The van der Waals surface area contributed by atoms with Gasteiger partial charge in [0.05, 0.1) is 17.6 Å². The molecule has 2 aliphatic rings. The molecule has 6 heteroatoms. The van der Waals surface area contributed by atoms with Crippen LogP contribution in [0.3, 0.4) is 0 Å². The first-order valence-corrected chi connectivity index (χ1v) is 10.2. The van der Waals surface area contributed by atoms with Gasteiger partial charge in [0.15, 0.2) is 0 Å². The van der Waals surface area contributed by atoms with Crippen LogP contribution in [-0.4, -0.2) is 46.2 Å². The summed E-state index contributed by atoms with van der Waals surface area (Å²) < 4.78 is 0. The van der Waals surface area contributed by atoms with Gasteiger partial charge in [-0.1, -0.05) is 24.3 Å². The first-order chi connectivity index (χ1) is 12.7.